The molecule has 3 rings (SSSR count). The van der Waals surface area contributed by atoms with Gasteiger partial charge in [-0.3, -0.25) is 4.79 Å². The molecule has 0 amide bonds. The second kappa shape index (κ2) is 5.42. The molecular formula is C20H32O3. The quantitative estimate of drug-likeness (QED) is 0.586. The van der Waals surface area contributed by atoms with Gasteiger partial charge in [0, 0.05) is 12.3 Å². The van der Waals surface area contributed by atoms with Gasteiger partial charge in [-0.1, -0.05) is 32.4 Å². The number of rotatable bonds is 1. The highest BCUT2D eigenvalue weighted by Gasteiger charge is 2.61. The molecule has 0 aromatic heterocycles. The number of fused-ring (bicyclic) bond motifs is 2. The lowest BCUT2D eigenvalue weighted by Crippen LogP contribution is -2.45. The molecule has 1 saturated carbocycles. The van der Waals surface area contributed by atoms with Crippen LogP contribution in [0.25, 0.3) is 0 Å². The van der Waals surface area contributed by atoms with Crippen LogP contribution >= 0.6 is 0 Å². The van der Waals surface area contributed by atoms with Crippen LogP contribution in [0.15, 0.2) is 11.6 Å². The van der Waals surface area contributed by atoms with E-state index in [-0.39, 0.29) is 29.1 Å². The van der Waals surface area contributed by atoms with Crippen molar-refractivity contribution in [3.8, 4) is 0 Å². The number of Topliss-reactive ketones (excluding diaryl/α,β-unsaturated/α-hetero) is 1. The maximum Gasteiger partial charge on any atom is 0.167 e. The predicted molar refractivity (Wildman–Crippen MR) is 91.1 cm³/mol. The Balaban J connectivity index is 1.97. The van der Waals surface area contributed by atoms with E-state index in [1.54, 1.807) is 0 Å². The van der Waals surface area contributed by atoms with E-state index in [4.69, 9.17) is 4.74 Å². The van der Waals surface area contributed by atoms with Crippen LogP contribution in [0.3, 0.4) is 0 Å². The van der Waals surface area contributed by atoms with Crippen molar-refractivity contribution in [1.29, 1.82) is 0 Å². The molecule has 2 aliphatic carbocycles. The van der Waals surface area contributed by atoms with Gasteiger partial charge in [-0.2, -0.15) is 0 Å². The van der Waals surface area contributed by atoms with E-state index in [9.17, 15) is 9.90 Å². The van der Waals surface area contributed by atoms with Gasteiger partial charge in [0.05, 0.1) is 11.7 Å². The molecule has 0 radical (unpaired) electrons. The second-order valence-electron chi connectivity index (χ2n) is 8.99. The summed E-state index contributed by atoms with van der Waals surface area (Å²) in [6, 6.07) is 0. The summed E-state index contributed by atoms with van der Waals surface area (Å²) in [6.07, 6.45) is 7.55. The molecule has 3 heteroatoms. The second-order valence-corrected chi connectivity index (χ2v) is 8.99. The largest absolute Gasteiger partial charge is 0.389 e. The molecule has 1 saturated heterocycles. The third-order valence-corrected chi connectivity index (χ3v) is 7.15. The summed E-state index contributed by atoms with van der Waals surface area (Å²) in [5.41, 5.74) is 0.0470. The molecule has 0 aromatic carbocycles. The van der Waals surface area contributed by atoms with Gasteiger partial charge in [0.25, 0.3) is 0 Å². The first-order chi connectivity index (χ1) is 10.6. The summed E-state index contributed by atoms with van der Waals surface area (Å²) in [5.74, 6) is 0.381. The highest BCUT2D eigenvalue weighted by molar-refractivity contribution is 5.90. The Labute approximate surface area is 140 Å². The Morgan fingerprint density at radius 1 is 1.30 bits per heavy atom. The number of allylic oxidation sites excluding steroid dienone is 2. The molecule has 3 aliphatic rings. The van der Waals surface area contributed by atoms with Gasteiger partial charge < -0.3 is 9.84 Å². The van der Waals surface area contributed by atoms with Crippen molar-refractivity contribution in [3.63, 3.8) is 0 Å². The van der Waals surface area contributed by atoms with Crippen molar-refractivity contribution in [2.45, 2.75) is 90.4 Å². The van der Waals surface area contributed by atoms with Gasteiger partial charge in [-0.15, -0.1) is 0 Å². The van der Waals surface area contributed by atoms with E-state index >= 15 is 0 Å². The van der Waals surface area contributed by atoms with Crippen LogP contribution in [0.4, 0.5) is 0 Å². The molecule has 1 N–H and O–H groups in total. The minimum Gasteiger partial charge on any atom is -0.389 e. The average Bonchev–Trinajstić information content (AvgIpc) is 3.09. The van der Waals surface area contributed by atoms with Crippen molar-refractivity contribution in [3.05, 3.63) is 11.6 Å². The number of hydrogen-bond donors (Lipinski definition) is 1. The van der Waals surface area contributed by atoms with Gasteiger partial charge in [0.2, 0.25) is 0 Å². The first-order valence-electron chi connectivity index (χ1n) is 9.21. The van der Waals surface area contributed by atoms with Crippen LogP contribution < -0.4 is 0 Å². The lowest BCUT2D eigenvalue weighted by Gasteiger charge is -2.40. The molecule has 23 heavy (non-hydrogen) atoms. The Bertz CT molecular complexity index is 537. The topological polar surface area (TPSA) is 49.8 Å². The van der Waals surface area contributed by atoms with Crippen molar-refractivity contribution >= 4 is 5.78 Å². The van der Waals surface area contributed by atoms with Gasteiger partial charge in [-0.05, 0) is 57.3 Å². The van der Waals surface area contributed by atoms with Crippen molar-refractivity contribution in [1.82, 2.24) is 0 Å². The standard InChI is InChI=1S/C20H32O3/c1-13(2)20(22)11-10-18(4)9-8-14(3)6-7-17-19(5,23-17)16(21)12-15(18)20/h8,13,15,17,22H,6-7,9-12H2,1-5H3/b14-8+/t15-,17+,18+,19-,20-/m0/s1. The minimum atomic E-state index is -0.735. The maximum atomic E-state index is 12.9. The Hall–Kier alpha value is -0.670. The molecule has 0 bridgehead atoms. The van der Waals surface area contributed by atoms with E-state index in [1.165, 1.54) is 5.57 Å². The van der Waals surface area contributed by atoms with Gasteiger partial charge in [-0.25, -0.2) is 0 Å². The SMILES string of the molecule is C/C1=C\C[C@]2(C)CC[C@](O)(C(C)C)[C@H]2CC(=O)[C@]2(C)O[C@@H]2CC1. The number of carbonyl (C=O) groups excluding carboxylic acids is 1. The van der Waals surface area contributed by atoms with E-state index in [2.05, 4.69) is 33.8 Å². The fourth-order valence-electron chi connectivity index (χ4n) is 4.89. The monoisotopic (exact) mass is 320 g/mol. The number of ether oxygens (including phenoxy) is 1. The Morgan fingerprint density at radius 3 is 2.65 bits per heavy atom. The number of epoxide rings is 1. The highest BCUT2D eigenvalue weighted by Crippen LogP contribution is 2.57. The smallest absolute Gasteiger partial charge is 0.167 e. The molecule has 130 valence electrons. The van der Waals surface area contributed by atoms with E-state index in [1.807, 2.05) is 6.92 Å². The number of aliphatic hydroxyl groups is 1. The number of carbonyl (C=O) groups is 1. The van der Waals surface area contributed by atoms with E-state index in [0.717, 1.165) is 32.1 Å². The zero-order valence-electron chi connectivity index (χ0n) is 15.3. The van der Waals surface area contributed by atoms with Crippen molar-refractivity contribution < 1.29 is 14.6 Å². The molecule has 2 fully saturated rings. The number of ketones is 1. The van der Waals surface area contributed by atoms with Gasteiger partial charge in [0.15, 0.2) is 5.78 Å². The minimum absolute atomic E-state index is 0.00102. The fraction of sp³-hybridized carbons (Fsp3) is 0.850. The summed E-state index contributed by atoms with van der Waals surface area (Å²) in [4.78, 5) is 12.9. The third kappa shape index (κ3) is 2.70. The van der Waals surface area contributed by atoms with Crippen molar-refractivity contribution in [2.24, 2.45) is 17.3 Å². The molecule has 0 aromatic rings. The van der Waals surface area contributed by atoms with Gasteiger partial charge >= 0.3 is 0 Å². The van der Waals surface area contributed by atoms with Crippen LogP contribution in [-0.2, 0) is 9.53 Å². The molecule has 5 atom stereocenters. The molecule has 0 unspecified atom stereocenters. The third-order valence-electron chi connectivity index (χ3n) is 7.15. The zero-order valence-corrected chi connectivity index (χ0v) is 15.3. The Morgan fingerprint density at radius 2 is 2.00 bits per heavy atom. The van der Waals surface area contributed by atoms with Gasteiger partial charge in [0.1, 0.15) is 5.60 Å². The molecule has 1 heterocycles. The lowest BCUT2D eigenvalue weighted by atomic mass is 9.67. The predicted octanol–water partition coefficient (Wildman–Crippen LogP) is 4.04. The first kappa shape index (κ1) is 17.2. The summed E-state index contributed by atoms with van der Waals surface area (Å²) >= 11 is 0. The normalized spacial score (nSPS) is 49.9. The van der Waals surface area contributed by atoms with Crippen LogP contribution in [-0.4, -0.2) is 28.2 Å². The summed E-state index contributed by atoms with van der Waals surface area (Å²) in [7, 11) is 0. The maximum absolute atomic E-state index is 12.9. The van der Waals surface area contributed by atoms with E-state index < -0.39 is 11.2 Å². The fourth-order valence-corrected chi connectivity index (χ4v) is 4.89. The van der Waals surface area contributed by atoms with Crippen molar-refractivity contribution in [2.75, 3.05) is 0 Å². The van der Waals surface area contributed by atoms with Crippen LogP contribution in [0.5, 0.6) is 0 Å². The Kier molecular flexibility index (Phi) is 4.04. The molecule has 1 aliphatic heterocycles. The summed E-state index contributed by atoms with van der Waals surface area (Å²) < 4.78 is 5.79. The average molecular weight is 320 g/mol. The molecule has 0 spiro atoms. The zero-order chi connectivity index (χ0) is 17.0. The highest BCUT2D eigenvalue weighted by atomic mass is 16.6. The van der Waals surface area contributed by atoms with E-state index in [0.29, 0.717) is 6.42 Å². The molecular weight excluding hydrogens is 288 g/mol. The van der Waals surface area contributed by atoms with Crippen LogP contribution in [0, 0.1) is 17.3 Å². The lowest BCUT2D eigenvalue weighted by molar-refractivity contribution is -0.130. The van der Waals surface area contributed by atoms with Crippen LogP contribution in [0.2, 0.25) is 0 Å². The summed E-state index contributed by atoms with van der Waals surface area (Å²) in [6.45, 7) is 10.6. The number of hydrogen-bond acceptors (Lipinski definition) is 3. The summed E-state index contributed by atoms with van der Waals surface area (Å²) in [5, 5.41) is 11.3. The van der Waals surface area contributed by atoms with Crippen LogP contribution in [0.1, 0.15) is 73.1 Å². The molecule has 3 nitrogen and oxygen atoms in total. The first-order valence-corrected chi connectivity index (χ1v) is 9.21.